The molecule has 0 aromatic heterocycles. The van der Waals surface area contributed by atoms with E-state index >= 15 is 0 Å². The summed E-state index contributed by atoms with van der Waals surface area (Å²) >= 11 is 0. The first-order valence-electron chi connectivity index (χ1n) is 5.64. The Morgan fingerprint density at radius 2 is 1.95 bits per heavy atom. The fourth-order valence-electron chi connectivity index (χ4n) is 1.62. The molecule has 0 aliphatic rings. The minimum Gasteiger partial charge on any atom is -0.495 e. The van der Waals surface area contributed by atoms with Crippen molar-refractivity contribution >= 4 is 21.4 Å². The summed E-state index contributed by atoms with van der Waals surface area (Å²) in [7, 11) is -2.43. The molecule has 20 heavy (non-hydrogen) atoms. The first-order chi connectivity index (χ1) is 9.42. The van der Waals surface area contributed by atoms with Gasteiger partial charge in [0.15, 0.2) is 0 Å². The molecule has 0 fully saturated rings. The molecule has 0 bridgehead atoms. The third kappa shape index (κ3) is 3.00. The Morgan fingerprint density at radius 1 is 1.20 bits per heavy atom. The van der Waals surface area contributed by atoms with Crippen molar-refractivity contribution in [1.82, 2.24) is 0 Å². The van der Waals surface area contributed by atoms with Gasteiger partial charge >= 0.3 is 0 Å². The first kappa shape index (κ1) is 14.1. The molecule has 0 heterocycles. The smallest absolute Gasteiger partial charge is 0.261 e. The summed E-state index contributed by atoms with van der Waals surface area (Å²) < 4.78 is 44.6. The lowest BCUT2D eigenvalue weighted by atomic mass is 10.2. The fourth-order valence-corrected chi connectivity index (χ4v) is 2.70. The topological polar surface area (TPSA) is 81.4 Å². The molecular weight excluding hydrogens is 283 g/mol. The standard InChI is InChI=1S/C13H13FN2O3S/c1-19-13-8-10(5-6-12(13)15)16-20(17,18)11-4-2-3-9(14)7-11/h2-8,16H,15H2,1H3. The molecule has 0 atom stereocenters. The molecule has 0 saturated heterocycles. The minimum absolute atomic E-state index is 0.159. The van der Waals surface area contributed by atoms with Gasteiger partial charge in [-0.25, -0.2) is 12.8 Å². The van der Waals surface area contributed by atoms with Crippen LogP contribution in [0.25, 0.3) is 0 Å². The van der Waals surface area contributed by atoms with Gasteiger partial charge in [0.1, 0.15) is 11.6 Å². The highest BCUT2D eigenvalue weighted by Crippen LogP contribution is 2.26. The number of ether oxygens (including phenoxy) is 1. The normalized spacial score (nSPS) is 11.1. The second-order valence-corrected chi connectivity index (χ2v) is 5.70. The van der Waals surface area contributed by atoms with Crippen LogP contribution in [0.3, 0.4) is 0 Å². The molecule has 2 aromatic rings. The molecule has 2 aromatic carbocycles. The van der Waals surface area contributed by atoms with Gasteiger partial charge in [-0.05, 0) is 30.3 Å². The Hall–Kier alpha value is -2.28. The molecule has 5 nitrogen and oxygen atoms in total. The Balaban J connectivity index is 2.33. The third-order valence-electron chi connectivity index (χ3n) is 2.59. The molecule has 7 heteroatoms. The largest absolute Gasteiger partial charge is 0.495 e. The quantitative estimate of drug-likeness (QED) is 0.848. The Bertz CT molecular complexity index is 732. The molecule has 3 N–H and O–H groups in total. The average molecular weight is 296 g/mol. The summed E-state index contributed by atoms with van der Waals surface area (Å²) in [6.07, 6.45) is 0. The zero-order chi connectivity index (χ0) is 14.8. The van der Waals surface area contributed by atoms with Crippen molar-refractivity contribution in [3.8, 4) is 5.75 Å². The van der Waals surface area contributed by atoms with E-state index in [9.17, 15) is 12.8 Å². The summed E-state index contributed by atoms with van der Waals surface area (Å²) in [5, 5.41) is 0. The SMILES string of the molecule is COc1cc(NS(=O)(=O)c2cccc(F)c2)ccc1N. The lowest BCUT2D eigenvalue weighted by Gasteiger charge is -2.10. The van der Waals surface area contributed by atoms with Gasteiger partial charge in [-0.3, -0.25) is 4.72 Å². The summed E-state index contributed by atoms with van der Waals surface area (Å²) in [6.45, 7) is 0. The average Bonchev–Trinajstić information content (AvgIpc) is 2.40. The van der Waals surface area contributed by atoms with Gasteiger partial charge in [-0.1, -0.05) is 6.07 Å². The zero-order valence-corrected chi connectivity index (χ0v) is 11.4. The van der Waals surface area contributed by atoms with E-state index in [1.807, 2.05) is 0 Å². The zero-order valence-electron chi connectivity index (χ0n) is 10.6. The van der Waals surface area contributed by atoms with Gasteiger partial charge in [0.05, 0.1) is 23.4 Å². The number of rotatable bonds is 4. The van der Waals surface area contributed by atoms with Crippen molar-refractivity contribution in [2.45, 2.75) is 4.90 Å². The maximum absolute atomic E-state index is 13.1. The highest BCUT2D eigenvalue weighted by atomic mass is 32.2. The molecule has 0 amide bonds. The fraction of sp³-hybridized carbons (Fsp3) is 0.0769. The van der Waals surface area contributed by atoms with Crippen LogP contribution in [0.15, 0.2) is 47.4 Å². The van der Waals surface area contributed by atoms with Gasteiger partial charge in [0.25, 0.3) is 10.0 Å². The van der Waals surface area contributed by atoms with Crippen molar-refractivity contribution < 1.29 is 17.5 Å². The number of hydrogen-bond acceptors (Lipinski definition) is 4. The van der Waals surface area contributed by atoms with Gasteiger partial charge in [-0.2, -0.15) is 0 Å². The number of halogens is 1. The van der Waals surface area contributed by atoms with Crippen LogP contribution in [-0.4, -0.2) is 15.5 Å². The number of sulfonamides is 1. The molecule has 0 aliphatic carbocycles. The highest BCUT2D eigenvalue weighted by molar-refractivity contribution is 7.92. The second kappa shape index (κ2) is 5.38. The van der Waals surface area contributed by atoms with Gasteiger partial charge < -0.3 is 10.5 Å². The molecule has 0 spiro atoms. The van der Waals surface area contributed by atoms with E-state index in [1.54, 1.807) is 0 Å². The number of methoxy groups -OCH3 is 1. The Kier molecular flexibility index (Phi) is 3.80. The van der Waals surface area contributed by atoms with Gasteiger partial charge in [-0.15, -0.1) is 0 Å². The van der Waals surface area contributed by atoms with Crippen molar-refractivity contribution in [2.24, 2.45) is 0 Å². The molecular formula is C13H13FN2O3S. The van der Waals surface area contributed by atoms with Crippen molar-refractivity contribution in [3.05, 3.63) is 48.3 Å². The molecule has 0 saturated carbocycles. The van der Waals surface area contributed by atoms with E-state index in [1.165, 1.54) is 43.5 Å². The van der Waals surface area contributed by atoms with Crippen LogP contribution in [0.4, 0.5) is 15.8 Å². The van der Waals surface area contributed by atoms with E-state index < -0.39 is 15.8 Å². The molecule has 2 rings (SSSR count). The van der Waals surface area contributed by atoms with Crippen LogP contribution in [0.2, 0.25) is 0 Å². The number of nitrogen functional groups attached to an aromatic ring is 1. The van der Waals surface area contributed by atoms with Crippen molar-refractivity contribution in [3.63, 3.8) is 0 Å². The molecule has 106 valence electrons. The Labute approximate surface area is 116 Å². The minimum atomic E-state index is -3.86. The van der Waals surface area contributed by atoms with Crippen LogP contribution in [-0.2, 0) is 10.0 Å². The molecule has 0 aliphatic heterocycles. The lowest BCUT2D eigenvalue weighted by molar-refractivity contribution is 0.417. The van der Waals surface area contributed by atoms with Crippen LogP contribution in [0.5, 0.6) is 5.75 Å². The lowest BCUT2D eigenvalue weighted by Crippen LogP contribution is -2.13. The van der Waals surface area contributed by atoms with E-state index in [4.69, 9.17) is 10.5 Å². The first-order valence-corrected chi connectivity index (χ1v) is 7.12. The van der Waals surface area contributed by atoms with Crippen molar-refractivity contribution in [2.75, 3.05) is 17.6 Å². The number of benzene rings is 2. The van der Waals surface area contributed by atoms with Crippen LogP contribution < -0.4 is 15.2 Å². The Morgan fingerprint density at radius 3 is 2.60 bits per heavy atom. The van der Waals surface area contributed by atoms with E-state index in [2.05, 4.69) is 4.72 Å². The predicted molar refractivity (Wildman–Crippen MR) is 74.6 cm³/mol. The summed E-state index contributed by atoms with van der Waals surface area (Å²) in [5.74, 6) is -0.271. The predicted octanol–water partition coefficient (Wildman–Crippen LogP) is 2.22. The number of nitrogens with one attached hydrogen (secondary N) is 1. The molecule has 0 unspecified atom stereocenters. The van der Waals surface area contributed by atoms with E-state index in [0.717, 1.165) is 6.07 Å². The van der Waals surface area contributed by atoms with Gasteiger partial charge in [0.2, 0.25) is 0 Å². The summed E-state index contributed by atoms with van der Waals surface area (Å²) in [4.78, 5) is -0.159. The number of nitrogens with two attached hydrogens (primary N) is 1. The van der Waals surface area contributed by atoms with E-state index in [0.29, 0.717) is 11.4 Å². The van der Waals surface area contributed by atoms with Crippen LogP contribution >= 0.6 is 0 Å². The number of anilines is 2. The van der Waals surface area contributed by atoms with Crippen molar-refractivity contribution in [1.29, 1.82) is 0 Å². The number of hydrogen-bond donors (Lipinski definition) is 2. The maximum Gasteiger partial charge on any atom is 0.261 e. The third-order valence-corrected chi connectivity index (χ3v) is 3.97. The van der Waals surface area contributed by atoms with Crippen LogP contribution in [0.1, 0.15) is 0 Å². The second-order valence-electron chi connectivity index (χ2n) is 4.02. The van der Waals surface area contributed by atoms with E-state index in [-0.39, 0.29) is 10.6 Å². The van der Waals surface area contributed by atoms with Crippen LogP contribution in [0, 0.1) is 5.82 Å². The maximum atomic E-state index is 13.1. The highest BCUT2D eigenvalue weighted by Gasteiger charge is 2.15. The summed E-state index contributed by atoms with van der Waals surface area (Å²) in [5.41, 5.74) is 6.31. The monoisotopic (exact) mass is 296 g/mol. The molecule has 0 radical (unpaired) electrons. The summed E-state index contributed by atoms with van der Waals surface area (Å²) in [6, 6.07) is 9.21. The van der Waals surface area contributed by atoms with Gasteiger partial charge in [0, 0.05) is 6.07 Å².